The molecule has 29 heavy (non-hydrogen) atoms. The number of aromatic nitrogens is 1. The van der Waals surface area contributed by atoms with Gasteiger partial charge >= 0.3 is 5.97 Å². The number of rotatable bonds is 5. The number of carboxylic acid groups (broad SMARTS) is 1. The minimum absolute atomic E-state index is 0.0989. The van der Waals surface area contributed by atoms with Gasteiger partial charge in [0.25, 0.3) is 5.91 Å². The third-order valence-electron chi connectivity index (χ3n) is 5.41. The van der Waals surface area contributed by atoms with Gasteiger partial charge in [-0.15, -0.1) is 0 Å². The molecule has 0 saturated heterocycles. The number of fused-ring (bicyclic) bond motifs is 1. The lowest BCUT2D eigenvalue weighted by Gasteiger charge is -2.20. The van der Waals surface area contributed by atoms with Gasteiger partial charge < -0.3 is 10.2 Å². The Kier molecular flexibility index (Phi) is 6.05. The van der Waals surface area contributed by atoms with Gasteiger partial charge in [0.15, 0.2) is 0 Å². The van der Waals surface area contributed by atoms with Crippen molar-refractivity contribution in [2.24, 2.45) is 5.92 Å². The van der Waals surface area contributed by atoms with Gasteiger partial charge in [0.1, 0.15) is 5.75 Å². The molecule has 5 nitrogen and oxygen atoms in total. The number of nitrogens with zero attached hydrogens (tertiary/aromatic N) is 1. The average Bonchev–Trinajstić information content (AvgIpc) is 2.93. The van der Waals surface area contributed by atoms with Crippen LogP contribution in [0.15, 0.2) is 40.9 Å². The Labute approximate surface area is 182 Å². The molecule has 3 rings (SSSR count). The van der Waals surface area contributed by atoms with Crippen LogP contribution in [0.1, 0.15) is 47.8 Å². The van der Waals surface area contributed by atoms with Gasteiger partial charge in [0.05, 0.1) is 16.5 Å². The van der Waals surface area contributed by atoms with Gasteiger partial charge in [-0.2, -0.15) is 0 Å². The van der Waals surface area contributed by atoms with Crippen LogP contribution in [0.2, 0.25) is 5.02 Å². The molecule has 3 aromatic rings. The van der Waals surface area contributed by atoms with E-state index in [1.54, 1.807) is 31.2 Å². The van der Waals surface area contributed by atoms with E-state index in [0.29, 0.717) is 34.1 Å². The molecule has 7 heteroatoms. The van der Waals surface area contributed by atoms with Gasteiger partial charge in [-0.05, 0) is 54.8 Å². The zero-order valence-corrected chi connectivity index (χ0v) is 18.6. The third-order valence-corrected chi connectivity index (χ3v) is 6.24. The first-order valence-electron chi connectivity index (χ1n) is 9.23. The van der Waals surface area contributed by atoms with E-state index >= 15 is 0 Å². The minimum atomic E-state index is -0.966. The summed E-state index contributed by atoms with van der Waals surface area (Å²) in [5.41, 5.74) is 1.99. The van der Waals surface area contributed by atoms with Crippen LogP contribution in [0, 0.1) is 12.8 Å². The fraction of sp³-hybridized carbons (Fsp3) is 0.273. The molecule has 0 aliphatic heterocycles. The van der Waals surface area contributed by atoms with E-state index in [0.717, 1.165) is 4.47 Å². The van der Waals surface area contributed by atoms with Gasteiger partial charge in [0, 0.05) is 21.1 Å². The van der Waals surface area contributed by atoms with Gasteiger partial charge in [-0.25, -0.2) is 0 Å². The molecule has 0 aliphatic rings. The van der Waals surface area contributed by atoms with Crippen LogP contribution >= 0.6 is 27.5 Å². The second-order valence-corrected chi connectivity index (χ2v) is 8.49. The molecule has 0 amide bonds. The zero-order valence-electron chi connectivity index (χ0n) is 16.2. The van der Waals surface area contributed by atoms with Crippen molar-refractivity contribution in [2.45, 2.75) is 33.1 Å². The van der Waals surface area contributed by atoms with E-state index in [9.17, 15) is 19.8 Å². The number of hydrogen-bond acceptors (Lipinski definition) is 3. The molecule has 0 aliphatic carbocycles. The van der Waals surface area contributed by atoms with Crippen molar-refractivity contribution >= 4 is 50.3 Å². The Bertz CT molecular complexity index is 1100. The molecular weight excluding hydrogens is 458 g/mol. The monoisotopic (exact) mass is 477 g/mol. The molecule has 0 spiro atoms. The number of hydrogen-bond donors (Lipinski definition) is 2. The first kappa shape index (κ1) is 21.4. The summed E-state index contributed by atoms with van der Waals surface area (Å²) >= 11 is 9.48. The molecule has 0 radical (unpaired) electrons. The number of carbonyl (C=O) groups excluding carboxylic acids is 1. The highest BCUT2D eigenvalue weighted by Crippen LogP contribution is 2.40. The van der Waals surface area contributed by atoms with Crippen LogP contribution in [-0.4, -0.2) is 26.7 Å². The van der Waals surface area contributed by atoms with Crippen molar-refractivity contribution in [3.63, 3.8) is 0 Å². The van der Waals surface area contributed by atoms with Crippen LogP contribution < -0.4 is 0 Å². The normalized spacial score (nSPS) is 13.4. The summed E-state index contributed by atoms with van der Waals surface area (Å²) in [4.78, 5) is 25.5. The van der Waals surface area contributed by atoms with Crippen LogP contribution in [-0.2, 0) is 4.79 Å². The Morgan fingerprint density at radius 3 is 2.38 bits per heavy atom. The first-order chi connectivity index (χ1) is 13.7. The number of benzene rings is 2. The predicted molar refractivity (Wildman–Crippen MR) is 117 cm³/mol. The second kappa shape index (κ2) is 8.20. The van der Waals surface area contributed by atoms with E-state index < -0.39 is 11.9 Å². The average molecular weight is 479 g/mol. The van der Waals surface area contributed by atoms with Gasteiger partial charge in [-0.3, -0.25) is 14.2 Å². The maximum atomic E-state index is 13.3. The quantitative estimate of drug-likeness (QED) is 0.473. The van der Waals surface area contributed by atoms with E-state index in [-0.39, 0.29) is 22.6 Å². The van der Waals surface area contributed by atoms with Crippen molar-refractivity contribution in [1.82, 2.24) is 4.57 Å². The van der Waals surface area contributed by atoms with Crippen LogP contribution in [0.5, 0.6) is 5.75 Å². The molecule has 1 aromatic heterocycles. The lowest BCUT2D eigenvalue weighted by atomic mass is 9.84. The minimum Gasteiger partial charge on any atom is -0.506 e. The SMILES string of the molecule is CCC(C)[C@@H](C(=O)O)c1c(C)n(C(=O)c2ccc(Br)cc2)c2cc(Cl)c(O)cc12. The maximum Gasteiger partial charge on any atom is 0.311 e. The third kappa shape index (κ3) is 3.79. The summed E-state index contributed by atoms with van der Waals surface area (Å²) in [6, 6.07) is 9.89. The van der Waals surface area contributed by atoms with E-state index in [4.69, 9.17) is 11.6 Å². The number of carboxylic acids is 1. The number of aromatic hydroxyl groups is 1. The Morgan fingerprint density at radius 2 is 1.83 bits per heavy atom. The summed E-state index contributed by atoms with van der Waals surface area (Å²) in [7, 11) is 0. The van der Waals surface area contributed by atoms with Crippen LogP contribution in [0.4, 0.5) is 0 Å². The lowest BCUT2D eigenvalue weighted by Crippen LogP contribution is -2.21. The lowest BCUT2D eigenvalue weighted by molar-refractivity contribution is -0.140. The molecule has 0 saturated carbocycles. The molecule has 2 aromatic carbocycles. The van der Waals surface area contributed by atoms with Crippen LogP contribution in [0.25, 0.3) is 10.9 Å². The number of carbonyl (C=O) groups is 2. The summed E-state index contributed by atoms with van der Waals surface area (Å²) in [6.45, 7) is 5.53. The first-order valence-corrected chi connectivity index (χ1v) is 10.4. The van der Waals surface area contributed by atoms with Crippen molar-refractivity contribution < 1.29 is 19.8 Å². The van der Waals surface area contributed by atoms with Crippen molar-refractivity contribution in [3.8, 4) is 5.75 Å². The van der Waals surface area contributed by atoms with Gasteiger partial charge in [-0.1, -0.05) is 47.8 Å². The highest BCUT2D eigenvalue weighted by Gasteiger charge is 2.33. The predicted octanol–water partition coefficient (Wildman–Crippen LogP) is 5.97. The fourth-order valence-electron chi connectivity index (χ4n) is 3.71. The maximum absolute atomic E-state index is 13.3. The van der Waals surface area contributed by atoms with Gasteiger partial charge in [0.2, 0.25) is 0 Å². The Balaban J connectivity index is 2.35. The zero-order chi connectivity index (χ0) is 21.5. The number of halogens is 2. The summed E-state index contributed by atoms with van der Waals surface area (Å²) in [6.07, 6.45) is 0.656. The van der Waals surface area contributed by atoms with E-state index in [2.05, 4.69) is 15.9 Å². The fourth-order valence-corrected chi connectivity index (χ4v) is 4.13. The molecule has 2 atom stereocenters. The summed E-state index contributed by atoms with van der Waals surface area (Å²) < 4.78 is 2.33. The standard InChI is InChI=1S/C22H21BrClNO4/c1-4-11(2)19(22(28)29)20-12(3)25(17-10-16(24)18(26)9-15(17)20)21(27)13-5-7-14(23)8-6-13/h5-11,19,26H,4H2,1-3H3,(H,28,29)/t11?,19-/m1/s1. The van der Waals surface area contributed by atoms with E-state index in [1.807, 2.05) is 13.8 Å². The molecule has 152 valence electrons. The number of phenolic OH excluding ortho intramolecular Hbond substituents is 1. The molecular formula is C22H21BrClNO4. The molecule has 0 bridgehead atoms. The van der Waals surface area contributed by atoms with Crippen LogP contribution in [0.3, 0.4) is 0 Å². The number of phenols is 1. The van der Waals surface area contributed by atoms with Crippen molar-refractivity contribution in [1.29, 1.82) is 0 Å². The second-order valence-electron chi connectivity index (χ2n) is 7.17. The Hall–Kier alpha value is -2.31. The molecule has 2 N–H and O–H groups in total. The van der Waals surface area contributed by atoms with Crippen molar-refractivity contribution in [2.75, 3.05) is 0 Å². The highest BCUT2D eigenvalue weighted by molar-refractivity contribution is 9.10. The molecule has 1 unspecified atom stereocenters. The largest absolute Gasteiger partial charge is 0.506 e. The Morgan fingerprint density at radius 1 is 1.21 bits per heavy atom. The molecule has 0 fully saturated rings. The highest BCUT2D eigenvalue weighted by atomic mass is 79.9. The number of aliphatic carboxylic acids is 1. The van der Waals surface area contributed by atoms with E-state index in [1.165, 1.54) is 16.7 Å². The topological polar surface area (TPSA) is 79.5 Å². The van der Waals surface area contributed by atoms with Crippen molar-refractivity contribution in [3.05, 3.63) is 62.7 Å². The molecule has 1 heterocycles. The summed E-state index contributed by atoms with van der Waals surface area (Å²) in [5.74, 6) is -2.39. The summed E-state index contributed by atoms with van der Waals surface area (Å²) in [5, 5.41) is 20.7. The smallest absolute Gasteiger partial charge is 0.311 e.